The Hall–Kier alpha value is -1.90. The Bertz CT molecular complexity index is 499. The number of hydrogen-bond acceptors (Lipinski definition) is 3. The zero-order valence-electron chi connectivity index (χ0n) is 9.48. The van der Waals surface area contributed by atoms with Gasteiger partial charge in [-0.05, 0) is 24.3 Å². The standard InChI is InChI=1S/C9H9N3.C3H4N2.CH4.Pd/c10-8-3-1-7(2-4-8)9-11-5-6-12-9;1-2-5-3-4-1;;/h1-6H,10H2,(H,11,12);1-3H,(H,4,5);1H4;. The summed E-state index contributed by atoms with van der Waals surface area (Å²) in [5.41, 5.74) is 7.37. The first kappa shape index (κ1) is 17.1. The topological polar surface area (TPSA) is 83.4 Å². The third kappa shape index (κ3) is 5.51. The van der Waals surface area contributed by atoms with Crippen molar-refractivity contribution in [3.05, 3.63) is 55.4 Å². The summed E-state index contributed by atoms with van der Waals surface area (Å²) >= 11 is 0. The van der Waals surface area contributed by atoms with Crippen molar-refractivity contribution in [2.75, 3.05) is 5.73 Å². The second-order valence-electron chi connectivity index (χ2n) is 3.32. The third-order valence-electron chi connectivity index (χ3n) is 2.09. The Morgan fingerprint density at radius 2 is 1.74 bits per heavy atom. The van der Waals surface area contributed by atoms with E-state index in [2.05, 4.69) is 19.9 Å². The molecular formula is C13H17N5Pd. The molecule has 0 spiro atoms. The van der Waals surface area contributed by atoms with Crippen molar-refractivity contribution in [2.45, 2.75) is 7.43 Å². The minimum Gasteiger partial charge on any atom is -0.399 e. The Balaban J connectivity index is 0.000000399. The number of aromatic nitrogens is 4. The predicted octanol–water partition coefficient (Wildman–Crippen LogP) is 2.70. The van der Waals surface area contributed by atoms with Crippen LogP contribution in [0.3, 0.4) is 0 Å². The summed E-state index contributed by atoms with van der Waals surface area (Å²) < 4.78 is 0. The van der Waals surface area contributed by atoms with Gasteiger partial charge in [0.25, 0.3) is 0 Å². The number of aromatic amines is 2. The van der Waals surface area contributed by atoms with Gasteiger partial charge < -0.3 is 15.7 Å². The molecule has 3 rings (SSSR count). The summed E-state index contributed by atoms with van der Waals surface area (Å²) in [6, 6.07) is 7.60. The van der Waals surface area contributed by atoms with E-state index in [4.69, 9.17) is 5.73 Å². The van der Waals surface area contributed by atoms with Crippen LogP contribution >= 0.6 is 0 Å². The van der Waals surface area contributed by atoms with Gasteiger partial charge in [-0.25, -0.2) is 9.97 Å². The number of anilines is 1. The van der Waals surface area contributed by atoms with Crippen LogP contribution in [0.2, 0.25) is 0 Å². The molecule has 3 aromatic rings. The smallest absolute Gasteiger partial charge is 0.137 e. The minimum atomic E-state index is 0. The van der Waals surface area contributed by atoms with Crippen molar-refractivity contribution in [2.24, 2.45) is 0 Å². The summed E-state index contributed by atoms with van der Waals surface area (Å²) in [6.45, 7) is 0. The van der Waals surface area contributed by atoms with Gasteiger partial charge in [0, 0.05) is 56.5 Å². The number of benzene rings is 1. The maximum atomic E-state index is 5.55. The number of imidazole rings is 2. The van der Waals surface area contributed by atoms with Gasteiger partial charge in [-0.15, -0.1) is 0 Å². The van der Waals surface area contributed by atoms with Crippen LogP contribution in [0.25, 0.3) is 11.4 Å². The molecule has 0 amide bonds. The molecule has 2 heterocycles. The molecule has 0 atom stereocenters. The maximum absolute atomic E-state index is 5.55. The van der Waals surface area contributed by atoms with Crippen molar-refractivity contribution in [1.82, 2.24) is 19.9 Å². The minimum absolute atomic E-state index is 0. The number of nitrogen functional groups attached to an aromatic ring is 1. The fourth-order valence-electron chi connectivity index (χ4n) is 1.28. The van der Waals surface area contributed by atoms with Crippen LogP contribution in [0.5, 0.6) is 0 Å². The zero-order chi connectivity index (χ0) is 11.9. The van der Waals surface area contributed by atoms with Crippen molar-refractivity contribution in [1.29, 1.82) is 0 Å². The van der Waals surface area contributed by atoms with Crippen LogP contribution in [-0.4, -0.2) is 19.9 Å². The van der Waals surface area contributed by atoms with E-state index in [-0.39, 0.29) is 27.8 Å². The Morgan fingerprint density at radius 3 is 2.16 bits per heavy atom. The van der Waals surface area contributed by atoms with Gasteiger partial charge in [-0.2, -0.15) is 0 Å². The quantitative estimate of drug-likeness (QED) is 0.466. The first-order chi connectivity index (χ1) is 8.36. The van der Waals surface area contributed by atoms with E-state index in [1.54, 1.807) is 31.1 Å². The third-order valence-corrected chi connectivity index (χ3v) is 2.09. The number of H-pyrrole nitrogens is 2. The number of rotatable bonds is 1. The van der Waals surface area contributed by atoms with Crippen molar-refractivity contribution in [3.63, 3.8) is 0 Å². The summed E-state index contributed by atoms with van der Waals surface area (Å²) in [7, 11) is 0. The van der Waals surface area contributed by atoms with Gasteiger partial charge in [0.05, 0.1) is 6.33 Å². The number of hydrogen-bond donors (Lipinski definition) is 3. The van der Waals surface area contributed by atoms with Gasteiger partial charge in [0.15, 0.2) is 0 Å². The molecule has 104 valence electrons. The molecule has 0 radical (unpaired) electrons. The average Bonchev–Trinajstić information content (AvgIpc) is 3.06. The number of nitrogens with one attached hydrogen (secondary N) is 2. The Kier molecular flexibility index (Phi) is 8.18. The Labute approximate surface area is 126 Å². The SMILES string of the molecule is C.Nc1ccc(-c2ncc[nH]2)cc1.[Pd].c1c[nH]cn1. The molecule has 0 aliphatic heterocycles. The fourth-order valence-corrected chi connectivity index (χ4v) is 1.28. The van der Waals surface area contributed by atoms with Crippen LogP contribution in [0.4, 0.5) is 5.69 Å². The largest absolute Gasteiger partial charge is 0.399 e. The monoisotopic (exact) mass is 349 g/mol. The molecule has 0 fully saturated rings. The summed E-state index contributed by atoms with van der Waals surface area (Å²) in [6.07, 6.45) is 8.61. The molecule has 2 aromatic heterocycles. The molecule has 0 aliphatic carbocycles. The molecule has 0 saturated heterocycles. The molecule has 0 aliphatic rings. The van der Waals surface area contributed by atoms with Crippen molar-refractivity contribution >= 4 is 5.69 Å². The molecule has 5 nitrogen and oxygen atoms in total. The van der Waals surface area contributed by atoms with Crippen LogP contribution in [-0.2, 0) is 20.4 Å². The molecular weight excluding hydrogens is 333 g/mol. The number of nitrogens with zero attached hydrogens (tertiary/aromatic N) is 2. The summed E-state index contributed by atoms with van der Waals surface area (Å²) in [4.78, 5) is 13.6. The summed E-state index contributed by atoms with van der Waals surface area (Å²) in [5.74, 6) is 0.870. The fraction of sp³-hybridized carbons (Fsp3) is 0.0769. The Morgan fingerprint density at radius 1 is 1.00 bits per heavy atom. The molecule has 4 N–H and O–H groups in total. The van der Waals surface area contributed by atoms with Crippen molar-refractivity contribution < 1.29 is 20.4 Å². The second-order valence-corrected chi connectivity index (χ2v) is 3.32. The molecule has 0 bridgehead atoms. The number of nitrogens with two attached hydrogens (primary N) is 1. The molecule has 0 unspecified atom stereocenters. The normalized spacial score (nSPS) is 8.42. The summed E-state index contributed by atoms with van der Waals surface area (Å²) in [5, 5.41) is 0. The van der Waals surface area contributed by atoms with Crippen LogP contribution in [0.1, 0.15) is 7.43 Å². The van der Waals surface area contributed by atoms with E-state index < -0.39 is 0 Å². The van der Waals surface area contributed by atoms with E-state index in [0.717, 1.165) is 17.1 Å². The zero-order valence-corrected chi connectivity index (χ0v) is 11.0. The van der Waals surface area contributed by atoms with E-state index in [9.17, 15) is 0 Å². The first-order valence-electron chi connectivity index (χ1n) is 5.14. The van der Waals surface area contributed by atoms with Gasteiger partial charge in [-0.1, -0.05) is 7.43 Å². The first-order valence-corrected chi connectivity index (χ1v) is 5.14. The molecule has 19 heavy (non-hydrogen) atoms. The average molecular weight is 350 g/mol. The van der Waals surface area contributed by atoms with Gasteiger partial charge >= 0.3 is 0 Å². The van der Waals surface area contributed by atoms with E-state index in [1.807, 2.05) is 24.3 Å². The van der Waals surface area contributed by atoms with Crippen LogP contribution < -0.4 is 5.73 Å². The van der Waals surface area contributed by atoms with E-state index in [0.29, 0.717) is 0 Å². The van der Waals surface area contributed by atoms with Gasteiger partial charge in [-0.3, -0.25) is 0 Å². The van der Waals surface area contributed by atoms with Gasteiger partial charge in [0.2, 0.25) is 0 Å². The second kappa shape index (κ2) is 9.09. The van der Waals surface area contributed by atoms with Gasteiger partial charge in [0.1, 0.15) is 5.82 Å². The van der Waals surface area contributed by atoms with Crippen molar-refractivity contribution in [3.8, 4) is 11.4 Å². The molecule has 6 heteroatoms. The van der Waals surface area contributed by atoms with Crippen LogP contribution in [0.15, 0.2) is 55.4 Å². The predicted molar refractivity (Wildman–Crippen MR) is 73.8 cm³/mol. The molecule has 0 saturated carbocycles. The molecule has 1 aromatic carbocycles. The van der Waals surface area contributed by atoms with Crippen LogP contribution in [0, 0.1) is 0 Å². The van der Waals surface area contributed by atoms with E-state index >= 15 is 0 Å². The van der Waals surface area contributed by atoms with E-state index in [1.165, 1.54) is 0 Å². The maximum Gasteiger partial charge on any atom is 0.137 e.